The number of nitrogens with zero attached hydrogens (tertiary/aromatic N) is 2. The van der Waals surface area contributed by atoms with Crippen molar-refractivity contribution in [3.05, 3.63) is 0 Å². The SMILES string of the molecule is NC(=O)NN=C1CCN2CCCC2C1. The Bertz CT molecular complexity index is 264. The number of hydrazone groups is 1. The molecule has 0 aromatic heterocycles. The molecular weight excluding hydrogens is 180 g/mol. The Morgan fingerprint density at radius 1 is 1.57 bits per heavy atom. The molecule has 78 valence electrons. The van der Waals surface area contributed by atoms with Gasteiger partial charge >= 0.3 is 6.03 Å². The van der Waals surface area contributed by atoms with E-state index in [1.807, 2.05) is 0 Å². The lowest BCUT2D eigenvalue weighted by atomic mass is 10.0. The summed E-state index contributed by atoms with van der Waals surface area (Å²) >= 11 is 0. The average molecular weight is 196 g/mol. The lowest BCUT2D eigenvalue weighted by Gasteiger charge is -2.29. The third kappa shape index (κ3) is 2.04. The van der Waals surface area contributed by atoms with Crippen LogP contribution in [0.5, 0.6) is 0 Å². The second kappa shape index (κ2) is 3.96. The minimum atomic E-state index is -0.577. The van der Waals surface area contributed by atoms with E-state index in [9.17, 15) is 4.79 Å². The van der Waals surface area contributed by atoms with Crippen molar-refractivity contribution in [2.75, 3.05) is 13.1 Å². The molecule has 5 heteroatoms. The Balaban J connectivity index is 1.90. The molecule has 0 radical (unpaired) electrons. The summed E-state index contributed by atoms with van der Waals surface area (Å²) < 4.78 is 0. The summed E-state index contributed by atoms with van der Waals surface area (Å²) in [6.45, 7) is 2.30. The molecule has 2 aliphatic heterocycles. The van der Waals surface area contributed by atoms with Gasteiger partial charge in [-0.3, -0.25) is 4.90 Å². The predicted octanol–water partition coefficient (Wildman–Crippen LogP) is 0.269. The summed E-state index contributed by atoms with van der Waals surface area (Å²) in [7, 11) is 0. The third-order valence-electron chi connectivity index (χ3n) is 2.98. The van der Waals surface area contributed by atoms with Gasteiger partial charge in [-0.1, -0.05) is 0 Å². The fraction of sp³-hybridized carbons (Fsp3) is 0.778. The highest BCUT2D eigenvalue weighted by atomic mass is 16.2. The maximum absolute atomic E-state index is 10.5. The largest absolute Gasteiger partial charge is 0.350 e. The van der Waals surface area contributed by atoms with Gasteiger partial charge in [0.2, 0.25) is 0 Å². The number of urea groups is 1. The number of nitrogens with one attached hydrogen (secondary N) is 1. The summed E-state index contributed by atoms with van der Waals surface area (Å²) in [5, 5.41) is 4.01. The standard InChI is InChI=1S/C9H16N4O/c10-9(14)12-11-7-3-5-13-4-1-2-8(13)6-7/h8H,1-6H2,(H3,10,12,14). The quantitative estimate of drug-likeness (QED) is 0.591. The smallest absolute Gasteiger partial charge is 0.332 e. The van der Waals surface area contributed by atoms with Gasteiger partial charge < -0.3 is 5.73 Å². The molecule has 1 atom stereocenters. The number of rotatable bonds is 1. The number of hydrogen-bond donors (Lipinski definition) is 2. The van der Waals surface area contributed by atoms with Crippen LogP contribution in [0.1, 0.15) is 25.7 Å². The molecule has 1 unspecified atom stereocenters. The molecule has 0 aromatic carbocycles. The van der Waals surface area contributed by atoms with Crippen LogP contribution in [0.25, 0.3) is 0 Å². The summed E-state index contributed by atoms with van der Waals surface area (Å²) in [5.41, 5.74) is 8.33. The molecule has 5 nitrogen and oxygen atoms in total. The zero-order chi connectivity index (χ0) is 9.97. The fourth-order valence-electron chi connectivity index (χ4n) is 2.30. The predicted molar refractivity (Wildman–Crippen MR) is 54.0 cm³/mol. The van der Waals surface area contributed by atoms with Crippen LogP contribution in [-0.4, -0.2) is 35.8 Å². The molecular formula is C9H16N4O. The first kappa shape index (κ1) is 9.45. The molecule has 2 heterocycles. The van der Waals surface area contributed by atoms with Crippen LogP contribution in [0.4, 0.5) is 4.79 Å². The van der Waals surface area contributed by atoms with Gasteiger partial charge in [0.05, 0.1) is 0 Å². The van der Waals surface area contributed by atoms with E-state index in [0.29, 0.717) is 6.04 Å². The van der Waals surface area contributed by atoms with E-state index < -0.39 is 6.03 Å². The van der Waals surface area contributed by atoms with Crippen molar-refractivity contribution >= 4 is 11.7 Å². The molecule has 0 saturated carbocycles. The summed E-state index contributed by atoms with van der Waals surface area (Å²) in [4.78, 5) is 13.0. The van der Waals surface area contributed by atoms with Gasteiger partial charge in [0.1, 0.15) is 0 Å². The number of piperidine rings is 1. The Morgan fingerprint density at radius 2 is 2.43 bits per heavy atom. The van der Waals surface area contributed by atoms with Crippen molar-refractivity contribution in [1.82, 2.24) is 10.3 Å². The van der Waals surface area contributed by atoms with E-state index in [-0.39, 0.29) is 0 Å². The molecule has 0 aliphatic carbocycles. The highest BCUT2D eigenvalue weighted by Gasteiger charge is 2.29. The van der Waals surface area contributed by atoms with Gasteiger partial charge in [0.25, 0.3) is 0 Å². The summed E-state index contributed by atoms with van der Waals surface area (Å²) in [6, 6.07) is 0.0727. The molecule has 2 saturated heterocycles. The Kier molecular flexibility index (Phi) is 2.67. The number of carbonyl (C=O) groups is 1. The van der Waals surface area contributed by atoms with Crippen molar-refractivity contribution in [1.29, 1.82) is 0 Å². The van der Waals surface area contributed by atoms with Crippen LogP contribution in [0, 0.1) is 0 Å². The second-order valence-corrected chi connectivity index (χ2v) is 3.94. The lowest BCUT2D eigenvalue weighted by Crippen LogP contribution is -2.39. The van der Waals surface area contributed by atoms with E-state index in [2.05, 4.69) is 15.4 Å². The number of primary amides is 1. The first-order valence-electron chi connectivity index (χ1n) is 5.10. The number of nitrogens with two attached hydrogens (primary N) is 1. The minimum Gasteiger partial charge on any atom is -0.350 e. The Morgan fingerprint density at radius 3 is 3.21 bits per heavy atom. The first-order chi connectivity index (χ1) is 6.75. The number of fused-ring (bicyclic) bond motifs is 1. The molecule has 2 fully saturated rings. The van der Waals surface area contributed by atoms with Gasteiger partial charge in [-0.2, -0.15) is 5.10 Å². The second-order valence-electron chi connectivity index (χ2n) is 3.94. The lowest BCUT2D eigenvalue weighted by molar-refractivity contribution is 0.245. The normalized spacial score (nSPS) is 30.3. The van der Waals surface area contributed by atoms with Crippen LogP contribution in [0.15, 0.2) is 5.10 Å². The first-order valence-corrected chi connectivity index (χ1v) is 5.10. The molecule has 2 rings (SSSR count). The zero-order valence-electron chi connectivity index (χ0n) is 8.20. The maximum atomic E-state index is 10.5. The molecule has 14 heavy (non-hydrogen) atoms. The topological polar surface area (TPSA) is 70.7 Å². The van der Waals surface area contributed by atoms with E-state index in [0.717, 1.165) is 25.1 Å². The minimum absolute atomic E-state index is 0.577. The summed E-state index contributed by atoms with van der Waals surface area (Å²) in [5.74, 6) is 0. The zero-order valence-corrected chi connectivity index (χ0v) is 8.20. The monoisotopic (exact) mass is 196 g/mol. The molecule has 0 bridgehead atoms. The van der Waals surface area contributed by atoms with Crippen LogP contribution >= 0.6 is 0 Å². The van der Waals surface area contributed by atoms with Gasteiger partial charge in [-0.15, -0.1) is 0 Å². The van der Waals surface area contributed by atoms with Gasteiger partial charge in [-0.25, -0.2) is 10.2 Å². The molecule has 2 aliphatic rings. The molecule has 0 spiro atoms. The van der Waals surface area contributed by atoms with Crippen molar-refractivity contribution in [2.24, 2.45) is 10.8 Å². The highest BCUT2D eigenvalue weighted by molar-refractivity contribution is 5.87. The Hall–Kier alpha value is -1.10. The molecule has 2 amide bonds. The van der Waals surface area contributed by atoms with Gasteiger partial charge in [0.15, 0.2) is 0 Å². The number of carbonyl (C=O) groups excluding carboxylic acids is 1. The van der Waals surface area contributed by atoms with Crippen LogP contribution < -0.4 is 11.2 Å². The van der Waals surface area contributed by atoms with E-state index in [4.69, 9.17) is 5.73 Å². The highest BCUT2D eigenvalue weighted by Crippen LogP contribution is 2.25. The van der Waals surface area contributed by atoms with Crippen LogP contribution in [0.3, 0.4) is 0 Å². The maximum Gasteiger partial charge on any atom is 0.332 e. The van der Waals surface area contributed by atoms with Crippen LogP contribution in [0.2, 0.25) is 0 Å². The van der Waals surface area contributed by atoms with Crippen molar-refractivity contribution in [2.45, 2.75) is 31.7 Å². The van der Waals surface area contributed by atoms with Crippen molar-refractivity contribution in [3.63, 3.8) is 0 Å². The van der Waals surface area contributed by atoms with Gasteiger partial charge in [0, 0.05) is 31.1 Å². The number of hydrogen-bond acceptors (Lipinski definition) is 3. The molecule has 3 N–H and O–H groups in total. The summed E-state index contributed by atoms with van der Waals surface area (Å²) in [6.07, 6.45) is 4.49. The molecule has 0 aromatic rings. The number of amides is 2. The average Bonchev–Trinajstić information content (AvgIpc) is 2.61. The fourth-order valence-corrected chi connectivity index (χ4v) is 2.30. The van der Waals surface area contributed by atoms with Crippen LogP contribution in [-0.2, 0) is 0 Å². The third-order valence-corrected chi connectivity index (χ3v) is 2.98. The van der Waals surface area contributed by atoms with E-state index >= 15 is 0 Å². The van der Waals surface area contributed by atoms with Gasteiger partial charge in [-0.05, 0) is 19.4 Å². The van der Waals surface area contributed by atoms with Crippen molar-refractivity contribution in [3.8, 4) is 0 Å². The Labute approximate surface area is 83.3 Å². The van der Waals surface area contributed by atoms with Crippen molar-refractivity contribution < 1.29 is 4.79 Å². The van der Waals surface area contributed by atoms with E-state index in [1.54, 1.807) is 0 Å². The van der Waals surface area contributed by atoms with E-state index in [1.165, 1.54) is 19.4 Å².